The van der Waals surface area contributed by atoms with Gasteiger partial charge < -0.3 is 4.42 Å². The van der Waals surface area contributed by atoms with Crippen molar-refractivity contribution >= 4 is 24.2 Å². The SMILES string of the molecule is C[Si](C)(C)c1occ2c[c][c]cc12. The van der Waals surface area contributed by atoms with Gasteiger partial charge in [0.1, 0.15) is 8.07 Å². The number of benzene rings is 1. The van der Waals surface area contributed by atoms with Crippen molar-refractivity contribution in [1.82, 2.24) is 0 Å². The standard InChI is InChI=1S/C11H12OSi/c1-13(2,3)11-10-7-5-4-6-9(10)8-12-11/h6-8H,1-3H3. The van der Waals surface area contributed by atoms with Gasteiger partial charge in [-0.15, -0.1) is 0 Å². The number of hydrogen-bond donors (Lipinski definition) is 0. The Balaban J connectivity index is 2.72. The minimum Gasteiger partial charge on any atom is -0.473 e. The molecule has 66 valence electrons. The zero-order valence-corrected chi connectivity index (χ0v) is 9.14. The van der Waals surface area contributed by atoms with Gasteiger partial charge in [-0.05, 0) is 24.3 Å². The highest BCUT2D eigenvalue weighted by molar-refractivity contribution is 6.89. The zero-order valence-electron chi connectivity index (χ0n) is 8.14. The van der Waals surface area contributed by atoms with Crippen molar-refractivity contribution in [2.24, 2.45) is 0 Å². The maximum absolute atomic E-state index is 5.60. The summed E-state index contributed by atoms with van der Waals surface area (Å²) < 4.78 is 5.60. The summed E-state index contributed by atoms with van der Waals surface area (Å²) in [4.78, 5) is 0. The molecule has 0 spiro atoms. The van der Waals surface area contributed by atoms with Crippen LogP contribution >= 0.6 is 0 Å². The van der Waals surface area contributed by atoms with Crippen LogP contribution in [0.2, 0.25) is 19.6 Å². The minimum absolute atomic E-state index is 1.14. The van der Waals surface area contributed by atoms with Gasteiger partial charge in [0.05, 0.1) is 11.6 Å². The monoisotopic (exact) mass is 188 g/mol. The second-order valence-electron chi connectivity index (χ2n) is 4.26. The number of hydrogen-bond acceptors (Lipinski definition) is 1. The molecule has 2 radical (unpaired) electrons. The third-order valence-electron chi connectivity index (χ3n) is 2.07. The summed E-state index contributed by atoms with van der Waals surface area (Å²) in [5.74, 6) is 0. The molecule has 1 aromatic carbocycles. The molecule has 0 saturated heterocycles. The predicted molar refractivity (Wildman–Crippen MR) is 56.9 cm³/mol. The second kappa shape index (κ2) is 2.74. The Morgan fingerprint density at radius 3 is 2.54 bits per heavy atom. The summed E-state index contributed by atoms with van der Waals surface area (Å²) in [7, 11) is -1.35. The Hall–Kier alpha value is -1.02. The third kappa shape index (κ3) is 1.42. The van der Waals surface area contributed by atoms with Crippen molar-refractivity contribution in [3.63, 3.8) is 0 Å². The first-order valence-electron chi connectivity index (χ1n) is 4.38. The van der Waals surface area contributed by atoms with Crippen LogP contribution in [0.5, 0.6) is 0 Å². The first-order valence-corrected chi connectivity index (χ1v) is 7.88. The molecule has 2 aromatic rings. The molecule has 0 fully saturated rings. The first kappa shape index (κ1) is 8.57. The van der Waals surface area contributed by atoms with Crippen molar-refractivity contribution in [1.29, 1.82) is 0 Å². The van der Waals surface area contributed by atoms with Gasteiger partial charge in [-0.2, -0.15) is 0 Å². The Morgan fingerprint density at radius 2 is 1.85 bits per heavy atom. The van der Waals surface area contributed by atoms with Crippen LogP contribution in [-0.4, -0.2) is 8.07 Å². The first-order chi connectivity index (χ1) is 6.09. The van der Waals surface area contributed by atoms with Crippen LogP contribution < -0.4 is 5.38 Å². The van der Waals surface area contributed by atoms with Gasteiger partial charge in [-0.1, -0.05) is 19.6 Å². The van der Waals surface area contributed by atoms with Crippen molar-refractivity contribution < 1.29 is 4.42 Å². The Morgan fingerprint density at radius 1 is 1.15 bits per heavy atom. The summed E-state index contributed by atoms with van der Waals surface area (Å²) >= 11 is 0. The normalized spacial score (nSPS) is 12.2. The van der Waals surface area contributed by atoms with Crippen LogP contribution in [0.25, 0.3) is 10.8 Å². The molecule has 0 N–H and O–H groups in total. The second-order valence-corrected chi connectivity index (χ2v) is 9.22. The Labute approximate surface area is 79.4 Å². The highest BCUT2D eigenvalue weighted by atomic mass is 28.3. The van der Waals surface area contributed by atoms with Crippen LogP contribution in [0, 0.1) is 12.1 Å². The molecule has 0 aliphatic rings. The maximum Gasteiger partial charge on any atom is 0.124 e. The van der Waals surface area contributed by atoms with Crippen molar-refractivity contribution in [2.45, 2.75) is 19.6 Å². The lowest BCUT2D eigenvalue weighted by Gasteiger charge is -2.12. The minimum atomic E-state index is -1.35. The molecule has 0 aliphatic heterocycles. The highest BCUT2D eigenvalue weighted by Gasteiger charge is 2.22. The van der Waals surface area contributed by atoms with Gasteiger partial charge in [0, 0.05) is 10.8 Å². The lowest BCUT2D eigenvalue weighted by atomic mass is 10.2. The average molecular weight is 188 g/mol. The molecule has 1 aromatic heterocycles. The summed E-state index contributed by atoms with van der Waals surface area (Å²) in [5.41, 5.74) is 0. The fourth-order valence-corrected chi connectivity index (χ4v) is 2.89. The van der Waals surface area contributed by atoms with Crippen LogP contribution in [0.4, 0.5) is 0 Å². The predicted octanol–water partition coefficient (Wildman–Crippen LogP) is 2.58. The molecule has 0 atom stereocenters. The van der Waals surface area contributed by atoms with Crippen LogP contribution in [0.1, 0.15) is 0 Å². The van der Waals surface area contributed by atoms with E-state index in [9.17, 15) is 0 Å². The molecule has 0 amide bonds. The molecule has 2 rings (SSSR count). The summed E-state index contributed by atoms with van der Waals surface area (Å²) in [6.45, 7) is 6.84. The van der Waals surface area contributed by atoms with E-state index in [1.807, 2.05) is 18.4 Å². The molecule has 1 heterocycles. The van der Waals surface area contributed by atoms with Gasteiger partial charge in [-0.25, -0.2) is 0 Å². The smallest absolute Gasteiger partial charge is 0.124 e. The van der Waals surface area contributed by atoms with E-state index in [0.717, 1.165) is 10.8 Å². The van der Waals surface area contributed by atoms with Gasteiger partial charge in [0.25, 0.3) is 0 Å². The average Bonchev–Trinajstić information content (AvgIpc) is 2.45. The van der Waals surface area contributed by atoms with Crippen LogP contribution in [0.15, 0.2) is 22.8 Å². The summed E-state index contributed by atoms with van der Waals surface area (Å²) in [6.07, 6.45) is 1.81. The highest BCUT2D eigenvalue weighted by Crippen LogP contribution is 2.16. The van der Waals surface area contributed by atoms with E-state index < -0.39 is 8.07 Å². The number of fused-ring (bicyclic) bond motifs is 1. The van der Waals surface area contributed by atoms with Gasteiger partial charge in [-0.3, -0.25) is 0 Å². The maximum atomic E-state index is 5.60. The quantitative estimate of drug-likeness (QED) is 0.627. The molecule has 0 aliphatic carbocycles. The summed E-state index contributed by atoms with van der Waals surface area (Å²) in [5, 5.41) is 3.50. The molecule has 13 heavy (non-hydrogen) atoms. The fraction of sp³-hybridized carbons (Fsp3) is 0.273. The molecule has 1 nitrogen and oxygen atoms in total. The molecule has 0 saturated carbocycles. The Bertz CT molecular complexity index is 423. The topological polar surface area (TPSA) is 13.1 Å². The van der Waals surface area contributed by atoms with Gasteiger partial charge >= 0.3 is 0 Å². The Kier molecular flexibility index (Phi) is 1.80. The van der Waals surface area contributed by atoms with Crippen LogP contribution in [-0.2, 0) is 0 Å². The van der Waals surface area contributed by atoms with E-state index >= 15 is 0 Å². The fourth-order valence-electron chi connectivity index (χ4n) is 1.46. The van der Waals surface area contributed by atoms with Crippen molar-refractivity contribution in [2.75, 3.05) is 0 Å². The van der Waals surface area contributed by atoms with Crippen molar-refractivity contribution in [3.05, 3.63) is 30.5 Å². The van der Waals surface area contributed by atoms with E-state index in [2.05, 4.69) is 31.8 Å². The largest absolute Gasteiger partial charge is 0.473 e. The lowest BCUT2D eigenvalue weighted by Crippen LogP contribution is -2.36. The van der Waals surface area contributed by atoms with E-state index in [1.165, 1.54) is 5.39 Å². The number of furan rings is 1. The molecule has 0 bridgehead atoms. The van der Waals surface area contributed by atoms with Crippen LogP contribution in [0.3, 0.4) is 0 Å². The molecular weight excluding hydrogens is 176 g/mol. The van der Waals surface area contributed by atoms with E-state index in [-0.39, 0.29) is 0 Å². The molecule has 0 unspecified atom stereocenters. The van der Waals surface area contributed by atoms with E-state index in [4.69, 9.17) is 4.42 Å². The van der Waals surface area contributed by atoms with Crippen molar-refractivity contribution in [3.8, 4) is 0 Å². The molecule has 2 heteroatoms. The number of rotatable bonds is 1. The zero-order chi connectivity index (χ0) is 9.47. The van der Waals surface area contributed by atoms with E-state index in [1.54, 1.807) is 0 Å². The third-order valence-corrected chi connectivity index (χ3v) is 3.82. The molecular formula is C11H12OSi. The van der Waals surface area contributed by atoms with E-state index in [0.29, 0.717) is 0 Å². The van der Waals surface area contributed by atoms with Gasteiger partial charge in [0.15, 0.2) is 0 Å². The van der Waals surface area contributed by atoms with Gasteiger partial charge in [0.2, 0.25) is 0 Å². The summed E-state index contributed by atoms with van der Waals surface area (Å²) in [6, 6.07) is 9.79. The lowest BCUT2D eigenvalue weighted by molar-refractivity contribution is 0.602.